The predicted octanol–water partition coefficient (Wildman–Crippen LogP) is 2.50. The number of rotatable bonds is 6. The van der Waals surface area contributed by atoms with Gasteiger partial charge in [-0.2, -0.15) is 0 Å². The standard InChI is InChI=1S/C12H19NO2S/c1-3-4-8-11-13(2)16(14,15)12-9-6-5-7-10-12/h5-7,9-10H,3-4,8,11H2,1-2H3. The summed E-state index contributed by atoms with van der Waals surface area (Å²) in [4.78, 5) is 0.369. The highest BCUT2D eigenvalue weighted by molar-refractivity contribution is 7.89. The summed E-state index contributed by atoms with van der Waals surface area (Å²) in [6, 6.07) is 8.56. The van der Waals surface area contributed by atoms with Crippen molar-refractivity contribution in [2.45, 2.75) is 31.1 Å². The Morgan fingerprint density at radius 1 is 1.12 bits per heavy atom. The molecule has 0 saturated carbocycles. The van der Waals surface area contributed by atoms with Crippen LogP contribution in [-0.4, -0.2) is 26.3 Å². The molecule has 0 aromatic heterocycles. The average molecular weight is 241 g/mol. The topological polar surface area (TPSA) is 37.4 Å². The van der Waals surface area contributed by atoms with Crippen LogP contribution in [0.3, 0.4) is 0 Å². The van der Waals surface area contributed by atoms with Gasteiger partial charge in [-0.15, -0.1) is 0 Å². The van der Waals surface area contributed by atoms with Crippen LogP contribution in [0.1, 0.15) is 26.2 Å². The van der Waals surface area contributed by atoms with Crippen LogP contribution in [0.5, 0.6) is 0 Å². The van der Waals surface area contributed by atoms with Gasteiger partial charge in [0.1, 0.15) is 0 Å². The fraction of sp³-hybridized carbons (Fsp3) is 0.500. The molecule has 0 aliphatic carbocycles. The van der Waals surface area contributed by atoms with Crippen molar-refractivity contribution in [3.8, 4) is 0 Å². The summed E-state index contributed by atoms with van der Waals surface area (Å²) in [6.07, 6.45) is 3.08. The van der Waals surface area contributed by atoms with Gasteiger partial charge in [0.05, 0.1) is 4.90 Å². The van der Waals surface area contributed by atoms with Crippen LogP contribution in [0.15, 0.2) is 35.2 Å². The average Bonchev–Trinajstić information content (AvgIpc) is 2.30. The zero-order chi connectivity index (χ0) is 12.0. The zero-order valence-corrected chi connectivity index (χ0v) is 10.7. The lowest BCUT2D eigenvalue weighted by atomic mass is 10.2. The van der Waals surface area contributed by atoms with Crippen molar-refractivity contribution < 1.29 is 8.42 Å². The van der Waals surface area contributed by atoms with E-state index in [2.05, 4.69) is 6.92 Å². The molecule has 16 heavy (non-hydrogen) atoms. The number of unbranched alkanes of at least 4 members (excludes halogenated alkanes) is 2. The first-order chi connectivity index (χ1) is 7.59. The highest BCUT2D eigenvalue weighted by atomic mass is 32.2. The second kappa shape index (κ2) is 6.01. The summed E-state index contributed by atoms with van der Waals surface area (Å²) >= 11 is 0. The SMILES string of the molecule is CCCCCN(C)S(=O)(=O)c1ccccc1. The second-order valence-corrected chi connectivity index (χ2v) is 5.89. The van der Waals surface area contributed by atoms with Gasteiger partial charge in [-0.3, -0.25) is 0 Å². The fourth-order valence-electron chi connectivity index (χ4n) is 1.48. The van der Waals surface area contributed by atoms with Crippen molar-refractivity contribution in [2.75, 3.05) is 13.6 Å². The van der Waals surface area contributed by atoms with Crippen molar-refractivity contribution in [2.24, 2.45) is 0 Å². The van der Waals surface area contributed by atoms with Crippen LogP contribution < -0.4 is 0 Å². The molecule has 1 aromatic carbocycles. The van der Waals surface area contributed by atoms with E-state index in [4.69, 9.17) is 0 Å². The maximum Gasteiger partial charge on any atom is 0.242 e. The van der Waals surface area contributed by atoms with Gasteiger partial charge in [0.2, 0.25) is 10.0 Å². The summed E-state index contributed by atoms with van der Waals surface area (Å²) in [5.74, 6) is 0. The molecular formula is C12H19NO2S. The van der Waals surface area contributed by atoms with Gasteiger partial charge in [-0.25, -0.2) is 12.7 Å². The van der Waals surface area contributed by atoms with Crippen LogP contribution in [0.4, 0.5) is 0 Å². The molecule has 1 rings (SSSR count). The summed E-state index contributed by atoms with van der Waals surface area (Å²) < 4.78 is 25.5. The number of nitrogens with zero attached hydrogens (tertiary/aromatic N) is 1. The lowest BCUT2D eigenvalue weighted by Crippen LogP contribution is -2.27. The Labute approximate surface area is 98.1 Å². The minimum atomic E-state index is -3.29. The second-order valence-electron chi connectivity index (χ2n) is 3.85. The first-order valence-electron chi connectivity index (χ1n) is 5.60. The third-order valence-corrected chi connectivity index (χ3v) is 4.40. The van der Waals surface area contributed by atoms with E-state index in [0.717, 1.165) is 19.3 Å². The van der Waals surface area contributed by atoms with E-state index in [0.29, 0.717) is 11.4 Å². The fourth-order valence-corrected chi connectivity index (χ4v) is 2.71. The first kappa shape index (κ1) is 13.2. The van der Waals surface area contributed by atoms with Crippen molar-refractivity contribution in [1.82, 2.24) is 4.31 Å². The Kier molecular flexibility index (Phi) is 4.96. The number of sulfonamides is 1. The minimum Gasteiger partial charge on any atom is -0.207 e. The molecule has 0 heterocycles. The van der Waals surface area contributed by atoms with Crippen molar-refractivity contribution in [3.05, 3.63) is 30.3 Å². The number of hydrogen-bond acceptors (Lipinski definition) is 2. The third-order valence-electron chi connectivity index (χ3n) is 2.53. The molecule has 0 atom stereocenters. The Bertz CT molecular complexity index is 400. The van der Waals surface area contributed by atoms with Gasteiger partial charge in [0, 0.05) is 13.6 Å². The van der Waals surface area contributed by atoms with Gasteiger partial charge in [0.25, 0.3) is 0 Å². The quantitative estimate of drug-likeness (QED) is 0.718. The highest BCUT2D eigenvalue weighted by Gasteiger charge is 2.19. The van der Waals surface area contributed by atoms with Crippen LogP contribution in [0, 0.1) is 0 Å². The van der Waals surface area contributed by atoms with Gasteiger partial charge >= 0.3 is 0 Å². The molecule has 3 nitrogen and oxygen atoms in total. The van der Waals surface area contributed by atoms with E-state index in [-0.39, 0.29) is 0 Å². The molecule has 0 saturated heterocycles. The van der Waals surface area contributed by atoms with Gasteiger partial charge < -0.3 is 0 Å². The molecule has 0 fully saturated rings. The van der Waals surface area contributed by atoms with Crippen molar-refractivity contribution in [3.63, 3.8) is 0 Å². The maximum atomic E-state index is 12.1. The maximum absolute atomic E-state index is 12.1. The van der Waals surface area contributed by atoms with E-state index in [1.807, 2.05) is 6.07 Å². The Hall–Kier alpha value is -0.870. The Morgan fingerprint density at radius 2 is 1.75 bits per heavy atom. The van der Waals surface area contributed by atoms with Crippen LogP contribution in [0.25, 0.3) is 0 Å². The molecule has 0 aliphatic rings. The number of benzene rings is 1. The summed E-state index contributed by atoms with van der Waals surface area (Å²) in [7, 11) is -1.65. The zero-order valence-electron chi connectivity index (χ0n) is 9.89. The molecular weight excluding hydrogens is 222 g/mol. The molecule has 0 radical (unpaired) electrons. The summed E-state index contributed by atoms with van der Waals surface area (Å²) in [5.41, 5.74) is 0. The largest absolute Gasteiger partial charge is 0.242 e. The van der Waals surface area contributed by atoms with Gasteiger partial charge in [-0.05, 0) is 18.6 Å². The van der Waals surface area contributed by atoms with E-state index < -0.39 is 10.0 Å². The molecule has 0 aliphatic heterocycles. The van der Waals surface area contributed by atoms with E-state index >= 15 is 0 Å². The summed E-state index contributed by atoms with van der Waals surface area (Å²) in [5, 5.41) is 0. The Morgan fingerprint density at radius 3 is 2.31 bits per heavy atom. The monoisotopic (exact) mass is 241 g/mol. The molecule has 0 spiro atoms. The molecule has 90 valence electrons. The van der Waals surface area contributed by atoms with Gasteiger partial charge in [-0.1, -0.05) is 38.0 Å². The molecule has 4 heteroatoms. The van der Waals surface area contributed by atoms with E-state index in [9.17, 15) is 8.42 Å². The van der Waals surface area contributed by atoms with Crippen molar-refractivity contribution in [1.29, 1.82) is 0 Å². The minimum absolute atomic E-state index is 0.369. The third kappa shape index (κ3) is 3.32. The summed E-state index contributed by atoms with van der Waals surface area (Å²) in [6.45, 7) is 2.69. The van der Waals surface area contributed by atoms with Crippen LogP contribution >= 0.6 is 0 Å². The Balaban J connectivity index is 2.71. The van der Waals surface area contributed by atoms with Crippen LogP contribution in [-0.2, 0) is 10.0 Å². The lowest BCUT2D eigenvalue weighted by Gasteiger charge is -2.16. The highest BCUT2D eigenvalue weighted by Crippen LogP contribution is 2.14. The van der Waals surface area contributed by atoms with E-state index in [1.54, 1.807) is 31.3 Å². The normalized spacial score (nSPS) is 11.9. The van der Waals surface area contributed by atoms with Crippen molar-refractivity contribution >= 4 is 10.0 Å². The first-order valence-corrected chi connectivity index (χ1v) is 7.04. The molecule has 1 aromatic rings. The van der Waals surface area contributed by atoms with Crippen LogP contribution in [0.2, 0.25) is 0 Å². The smallest absolute Gasteiger partial charge is 0.207 e. The molecule has 0 bridgehead atoms. The van der Waals surface area contributed by atoms with Gasteiger partial charge in [0.15, 0.2) is 0 Å². The van der Waals surface area contributed by atoms with E-state index in [1.165, 1.54) is 4.31 Å². The predicted molar refractivity (Wildman–Crippen MR) is 65.8 cm³/mol. The lowest BCUT2D eigenvalue weighted by molar-refractivity contribution is 0.454. The number of hydrogen-bond donors (Lipinski definition) is 0. The molecule has 0 N–H and O–H groups in total. The molecule has 0 unspecified atom stereocenters. The molecule has 0 amide bonds.